The van der Waals surface area contributed by atoms with Crippen LogP contribution in [-0.2, 0) is 14.3 Å². The molecule has 0 unspecified atom stereocenters. The summed E-state index contributed by atoms with van der Waals surface area (Å²) in [6.45, 7) is 14.4. The fraction of sp³-hybridized carbons (Fsp3) is 0.355. The molecule has 0 aromatic heterocycles. The predicted molar refractivity (Wildman–Crippen MR) is 154 cm³/mol. The van der Waals surface area contributed by atoms with Crippen molar-refractivity contribution in [1.82, 2.24) is 5.32 Å². The zero-order valence-corrected chi connectivity index (χ0v) is 23.2. The SMILES string of the molecule is C=C/C(C)=c1/cc(OCCOC)cc(F)/c1=C(/C=C)Nc1ccc(NC(=O)CC(=O)NC2(C(C)C)CC2)cc1. The highest BCUT2D eigenvalue weighted by Gasteiger charge is 2.46. The van der Waals surface area contributed by atoms with Gasteiger partial charge in [-0.25, -0.2) is 4.39 Å². The molecule has 3 N–H and O–H groups in total. The number of rotatable bonds is 13. The van der Waals surface area contributed by atoms with Gasteiger partial charge < -0.3 is 25.4 Å². The molecule has 1 aliphatic rings. The van der Waals surface area contributed by atoms with Crippen LogP contribution in [0.3, 0.4) is 0 Å². The minimum atomic E-state index is -0.476. The fourth-order valence-corrected chi connectivity index (χ4v) is 4.26. The lowest BCUT2D eigenvalue weighted by atomic mass is 10.0. The summed E-state index contributed by atoms with van der Waals surface area (Å²) in [4.78, 5) is 24.7. The van der Waals surface area contributed by atoms with Crippen LogP contribution in [0, 0.1) is 11.7 Å². The van der Waals surface area contributed by atoms with E-state index in [1.165, 1.54) is 6.07 Å². The normalized spacial score (nSPS) is 15.1. The third-order valence-corrected chi connectivity index (χ3v) is 6.88. The van der Waals surface area contributed by atoms with Crippen molar-refractivity contribution in [3.8, 4) is 5.75 Å². The monoisotopic (exact) mass is 535 g/mol. The Morgan fingerprint density at radius 2 is 1.67 bits per heavy atom. The lowest BCUT2D eigenvalue weighted by Gasteiger charge is -2.21. The zero-order valence-electron chi connectivity index (χ0n) is 23.2. The lowest BCUT2D eigenvalue weighted by molar-refractivity contribution is -0.127. The number of hydrogen-bond acceptors (Lipinski definition) is 5. The molecule has 0 saturated heterocycles. The molecule has 39 heavy (non-hydrogen) atoms. The molecule has 2 aromatic carbocycles. The zero-order chi connectivity index (χ0) is 28.6. The largest absolute Gasteiger partial charge is 0.491 e. The molecule has 7 nitrogen and oxygen atoms in total. The maximum atomic E-state index is 15.4. The van der Waals surface area contributed by atoms with Crippen LogP contribution < -0.4 is 31.1 Å². The van der Waals surface area contributed by atoms with Gasteiger partial charge in [-0.15, -0.1) is 0 Å². The van der Waals surface area contributed by atoms with Gasteiger partial charge in [-0.2, -0.15) is 0 Å². The Hall–Kier alpha value is -3.91. The average Bonchev–Trinajstić information content (AvgIpc) is 3.68. The number of benzene rings is 2. The summed E-state index contributed by atoms with van der Waals surface area (Å²) in [6.07, 6.45) is 4.85. The van der Waals surface area contributed by atoms with Gasteiger partial charge in [0.25, 0.3) is 0 Å². The Morgan fingerprint density at radius 1 is 1.03 bits per heavy atom. The summed E-state index contributed by atoms with van der Waals surface area (Å²) in [6, 6.07) is 10.0. The number of methoxy groups -OCH3 is 1. The first-order valence-electron chi connectivity index (χ1n) is 13.0. The number of halogens is 1. The molecule has 3 rings (SSSR count). The van der Waals surface area contributed by atoms with Gasteiger partial charge in [-0.3, -0.25) is 9.59 Å². The highest BCUT2D eigenvalue weighted by atomic mass is 19.1. The Labute approximate surface area is 229 Å². The standard InChI is InChI=1S/C31H38FN3O4/c1-7-21(5)25-17-24(39-16-15-38-6)18-26(32)30(25)27(8-2)33-22-9-11-23(12-10-22)34-28(36)19-29(37)35-31(13-14-31)20(3)4/h7-12,17-18,20,33H,1-2,13-16,19H2,3-6H3,(H,34,36)(H,35,37)/b25-21-,30-27-. The summed E-state index contributed by atoms with van der Waals surface area (Å²) in [5.74, 6) is -0.422. The maximum Gasteiger partial charge on any atom is 0.233 e. The predicted octanol–water partition coefficient (Wildman–Crippen LogP) is 4.25. The Bertz CT molecular complexity index is 1350. The van der Waals surface area contributed by atoms with E-state index in [0.29, 0.717) is 52.4 Å². The number of allylic oxidation sites excluding steroid dienone is 1. The van der Waals surface area contributed by atoms with Crippen molar-refractivity contribution in [2.45, 2.75) is 45.6 Å². The Kier molecular flexibility index (Phi) is 10.1. The number of anilines is 2. The maximum absolute atomic E-state index is 15.4. The molecule has 208 valence electrons. The Morgan fingerprint density at radius 3 is 2.21 bits per heavy atom. The van der Waals surface area contributed by atoms with Crippen LogP contribution in [0.5, 0.6) is 5.75 Å². The van der Waals surface area contributed by atoms with Gasteiger partial charge in [-0.05, 0) is 72.9 Å². The van der Waals surface area contributed by atoms with Crippen LogP contribution in [0.1, 0.15) is 40.0 Å². The lowest BCUT2D eigenvalue weighted by Crippen LogP contribution is -2.42. The van der Waals surface area contributed by atoms with E-state index in [2.05, 4.69) is 43.0 Å². The fourth-order valence-electron chi connectivity index (χ4n) is 4.26. The van der Waals surface area contributed by atoms with Crippen molar-refractivity contribution in [2.75, 3.05) is 31.0 Å². The summed E-state index contributed by atoms with van der Waals surface area (Å²) in [5.41, 5.74) is 2.27. The van der Waals surface area contributed by atoms with E-state index >= 15 is 4.39 Å². The molecule has 0 aliphatic heterocycles. The topological polar surface area (TPSA) is 88.7 Å². The summed E-state index contributed by atoms with van der Waals surface area (Å²) < 4.78 is 26.0. The van der Waals surface area contributed by atoms with Crippen molar-refractivity contribution in [1.29, 1.82) is 0 Å². The molecule has 0 heterocycles. The van der Waals surface area contributed by atoms with Crippen LogP contribution in [0.2, 0.25) is 0 Å². The first-order chi connectivity index (χ1) is 18.6. The van der Waals surface area contributed by atoms with E-state index in [-0.39, 0.29) is 23.8 Å². The number of carbonyl (C=O) groups excluding carboxylic acids is 2. The molecule has 0 bridgehead atoms. The van der Waals surface area contributed by atoms with E-state index in [0.717, 1.165) is 18.4 Å². The van der Waals surface area contributed by atoms with Crippen LogP contribution in [0.4, 0.5) is 15.8 Å². The van der Waals surface area contributed by atoms with Crippen molar-refractivity contribution in [3.05, 3.63) is 78.0 Å². The first-order valence-corrected chi connectivity index (χ1v) is 13.0. The molecule has 2 amide bonds. The van der Waals surface area contributed by atoms with Gasteiger partial charge in [0.05, 0.1) is 6.61 Å². The van der Waals surface area contributed by atoms with Crippen LogP contribution in [0.15, 0.2) is 61.7 Å². The molecule has 0 spiro atoms. The Balaban J connectivity index is 1.76. The minimum Gasteiger partial charge on any atom is -0.491 e. The van der Waals surface area contributed by atoms with Crippen LogP contribution in [0.25, 0.3) is 11.3 Å². The van der Waals surface area contributed by atoms with Crippen molar-refractivity contribution < 1.29 is 23.5 Å². The second kappa shape index (κ2) is 13.2. The van der Waals surface area contributed by atoms with E-state index in [1.807, 2.05) is 6.92 Å². The van der Waals surface area contributed by atoms with Gasteiger partial charge in [0.2, 0.25) is 11.8 Å². The van der Waals surface area contributed by atoms with Gasteiger partial charge >= 0.3 is 0 Å². The quantitative estimate of drug-likeness (QED) is 0.264. The summed E-state index contributed by atoms with van der Waals surface area (Å²) in [5, 5.41) is 9.91. The van der Waals surface area contributed by atoms with E-state index in [1.54, 1.807) is 49.6 Å². The molecule has 0 atom stereocenters. The van der Waals surface area contributed by atoms with Crippen molar-refractivity contribution in [2.24, 2.45) is 5.92 Å². The molecule has 8 heteroatoms. The summed E-state index contributed by atoms with van der Waals surface area (Å²) in [7, 11) is 1.57. The van der Waals surface area contributed by atoms with E-state index in [9.17, 15) is 9.59 Å². The first kappa shape index (κ1) is 29.6. The minimum absolute atomic E-state index is 0.164. The smallest absolute Gasteiger partial charge is 0.233 e. The number of carbonyl (C=O) groups is 2. The molecule has 1 saturated carbocycles. The number of amides is 2. The highest BCUT2D eigenvalue weighted by Crippen LogP contribution is 2.42. The van der Waals surface area contributed by atoms with Crippen LogP contribution >= 0.6 is 0 Å². The molecular formula is C31H38FN3O4. The number of ether oxygens (including phenoxy) is 2. The van der Waals surface area contributed by atoms with E-state index in [4.69, 9.17) is 9.47 Å². The molecule has 1 aliphatic carbocycles. The van der Waals surface area contributed by atoms with Crippen molar-refractivity contribution >= 4 is 34.5 Å². The average molecular weight is 536 g/mol. The second-order valence-corrected chi connectivity index (χ2v) is 9.96. The van der Waals surface area contributed by atoms with Gasteiger partial charge in [0.1, 0.15) is 24.6 Å². The third kappa shape index (κ3) is 7.80. The van der Waals surface area contributed by atoms with Gasteiger partial charge in [0.15, 0.2) is 0 Å². The third-order valence-electron chi connectivity index (χ3n) is 6.88. The second-order valence-electron chi connectivity index (χ2n) is 9.96. The number of hydrogen-bond donors (Lipinski definition) is 3. The highest BCUT2D eigenvalue weighted by molar-refractivity contribution is 6.03. The van der Waals surface area contributed by atoms with E-state index < -0.39 is 5.82 Å². The van der Waals surface area contributed by atoms with Crippen molar-refractivity contribution in [3.63, 3.8) is 0 Å². The molecular weight excluding hydrogens is 497 g/mol. The summed E-state index contributed by atoms with van der Waals surface area (Å²) >= 11 is 0. The number of nitrogens with one attached hydrogen (secondary N) is 3. The molecule has 2 aromatic rings. The van der Waals surface area contributed by atoms with Gasteiger partial charge in [0, 0.05) is 41.0 Å². The molecule has 1 fully saturated rings. The molecule has 0 radical (unpaired) electrons. The van der Waals surface area contributed by atoms with Gasteiger partial charge in [-0.1, -0.05) is 33.1 Å². The van der Waals surface area contributed by atoms with Crippen LogP contribution in [-0.4, -0.2) is 37.7 Å².